The van der Waals surface area contributed by atoms with Gasteiger partial charge in [0.15, 0.2) is 5.03 Å². The largest absolute Gasteiger partial charge is 0.313 e. The number of hydrogen-bond acceptors (Lipinski definition) is 5. The van der Waals surface area contributed by atoms with Crippen molar-refractivity contribution in [3.63, 3.8) is 0 Å². The van der Waals surface area contributed by atoms with Gasteiger partial charge >= 0.3 is 0 Å². The monoisotopic (exact) mass is 328 g/mol. The Labute approximate surface area is 129 Å². The molecular weight excluding hydrogens is 308 g/mol. The number of nitrogens with one attached hydrogen (secondary N) is 3. The summed E-state index contributed by atoms with van der Waals surface area (Å²) in [6, 6.07) is 3.90. The fraction of sp³-hybridized carbons (Fsp3) is 0.462. The molecule has 0 saturated heterocycles. The lowest BCUT2D eigenvalue weighted by molar-refractivity contribution is 0.574. The average molecular weight is 328 g/mol. The molecule has 0 fully saturated rings. The molecule has 0 radical (unpaired) electrons. The van der Waals surface area contributed by atoms with Crippen LogP contribution in [0.15, 0.2) is 17.2 Å². The number of hydrogen-bond donors (Lipinski definition) is 3. The molecule has 2 rings (SSSR count). The van der Waals surface area contributed by atoms with Crippen LogP contribution in [0.5, 0.6) is 0 Å². The highest BCUT2D eigenvalue weighted by Crippen LogP contribution is 2.18. The minimum absolute atomic E-state index is 0.0780. The number of H-pyrrole nitrogens is 1. The molecule has 0 aliphatic carbocycles. The Hall–Kier alpha value is -1.22. The van der Waals surface area contributed by atoms with E-state index in [9.17, 15) is 8.42 Å². The van der Waals surface area contributed by atoms with E-state index in [1.165, 1.54) is 0 Å². The Morgan fingerprint density at radius 3 is 2.67 bits per heavy atom. The van der Waals surface area contributed by atoms with Crippen LogP contribution < -0.4 is 10.0 Å². The second kappa shape index (κ2) is 6.69. The van der Waals surface area contributed by atoms with Gasteiger partial charge in [0.2, 0.25) is 0 Å². The molecule has 0 atom stereocenters. The van der Waals surface area contributed by atoms with Crippen LogP contribution in [-0.4, -0.2) is 25.2 Å². The quantitative estimate of drug-likeness (QED) is 0.721. The molecule has 0 bridgehead atoms. The van der Waals surface area contributed by atoms with Gasteiger partial charge in [-0.05, 0) is 32.5 Å². The lowest BCUT2D eigenvalue weighted by Crippen LogP contribution is -2.25. The van der Waals surface area contributed by atoms with Crippen molar-refractivity contribution in [2.24, 2.45) is 0 Å². The SMILES string of the molecule is CCNCc1c(S(=O)(=O)NCc2ccc(C)s2)n[nH]c1C. The normalized spacial score (nSPS) is 12.0. The van der Waals surface area contributed by atoms with Crippen molar-refractivity contribution < 1.29 is 8.42 Å². The van der Waals surface area contributed by atoms with E-state index in [2.05, 4.69) is 20.2 Å². The molecule has 2 aromatic rings. The predicted molar refractivity (Wildman–Crippen MR) is 83.8 cm³/mol. The molecule has 8 heteroatoms. The zero-order chi connectivity index (χ0) is 15.5. The van der Waals surface area contributed by atoms with Gasteiger partial charge in [0.05, 0.1) is 0 Å². The first-order valence-electron chi connectivity index (χ1n) is 6.73. The first-order valence-corrected chi connectivity index (χ1v) is 9.03. The Balaban J connectivity index is 2.15. The van der Waals surface area contributed by atoms with E-state index >= 15 is 0 Å². The van der Waals surface area contributed by atoms with Gasteiger partial charge < -0.3 is 5.32 Å². The van der Waals surface area contributed by atoms with Gasteiger partial charge in [-0.1, -0.05) is 6.92 Å². The summed E-state index contributed by atoms with van der Waals surface area (Å²) in [5.41, 5.74) is 1.45. The van der Waals surface area contributed by atoms with Crippen molar-refractivity contribution in [2.45, 2.75) is 38.9 Å². The van der Waals surface area contributed by atoms with E-state index in [1.54, 1.807) is 11.3 Å². The van der Waals surface area contributed by atoms with E-state index < -0.39 is 10.0 Å². The smallest absolute Gasteiger partial charge is 0.260 e. The summed E-state index contributed by atoms with van der Waals surface area (Å²) in [5, 5.41) is 9.90. The number of thiophene rings is 1. The summed E-state index contributed by atoms with van der Waals surface area (Å²) in [5.74, 6) is 0. The predicted octanol–water partition coefficient (Wildman–Crippen LogP) is 1.68. The first-order chi connectivity index (χ1) is 9.94. The summed E-state index contributed by atoms with van der Waals surface area (Å²) in [6.07, 6.45) is 0. The highest BCUT2D eigenvalue weighted by atomic mass is 32.2. The van der Waals surface area contributed by atoms with Crippen LogP contribution in [0.3, 0.4) is 0 Å². The lowest BCUT2D eigenvalue weighted by atomic mass is 10.2. The fourth-order valence-electron chi connectivity index (χ4n) is 1.93. The van der Waals surface area contributed by atoms with Gasteiger partial charge in [-0.15, -0.1) is 11.3 Å². The van der Waals surface area contributed by atoms with Gasteiger partial charge in [0.25, 0.3) is 10.0 Å². The first kappa shape index (κ1) is 16.2. The number of nitrogens with zero attached hydrogens (tertiary/aromatic N) is 1. The van der Waals surface area contributed by atoms with Crippen LogP contribution in [0.25, 0.3) is 0 Å². The minimum Gasteiger partial charge on any atom is -0.313 e. The van der Waals surface area contributed by atoms with E-state index in [1.807, 2.05) is 32.9 Å². The van der Waals surface area contributed by atoms with Gasteiger partial charge in [-0.3, -0.25) is 5.10 Å². The Morgan fingerprint density at radius 1 is 1.29 bits per heavy atom. The van der Waals surface area contributed by atoms with Gasteiger partial charge in [-0.2, -0.15) is 5.10 Å². The third kappa shape index (κ3) is 3.91. The van der Waals surface area contributed by atoms with Crippen LogP contribution in [0, 0.1) is 13.8 Å². The lowest BCUT2D eigenvalue weighted by Gasteiger charge is -2.07. The molecule has 0 amide bonds. The highest BCUT2D eigenvalue weighted by Gasteiger charge is 2.23. The summed E-state index contributed by atoms with van der Waals surface area (Å²) in [7, 11) is -3.62. The number of aromatic nitrogens is 2. The van der Waals surface area contributed by atoms with Crippen molar-refractivity contribution in [1.29, 1.82) is 0 Å². The van der Waals surface area contributed by atoms with Crippen LogP contribution >= 0.6 is 11.3 Å². The molecule has 2 aromatic heterocycles. The fourth-order valence-corrected chi connectivity index (χ4v) is 4.04. The van der Waals surface area contributed by atoms with E-state index in [0.29, 0.717) is 12.1 Å². The third-order valence-corrected chi connectivity index (χ3v) is 5.45. The molecule has 3 N–H and O–H groups in total. The summed E-state index contributed by atoms with van der Waals surface area (Å²) < 4.78 is 27.4. The molecule has 0 spiro atoms. The van der Waals surface area contributed by atoms with E-state index in [0.717, 1.165) is 22.0 Å². The molecule has 6 nitrogen and oxygen atoms in total. The van der Waals surface area contributed by atoms with Crippen LogP contribution in [0.4, 0.5) is 0 Å². The molecule has 0 saturated carbocycles. The van der Waals surface area contributed by atoms with Crippen molar-refractivity contribution in [3.8, 4) is 0 Å². The van der Waals surface area contributed by atoms with E-state index in [-0.39, 0.29) is 11.6 Å². The second-order valence-corrected chi connectivity index (χ2v) is 7.80. The zero-order valence-corrected chi connectivity index (χ0v) is 14.0. The molecule has 21 heavy (non-hydrogen) atoms. The summed E-state index contributed by atoms with van der Waals surface area (Å²) in [4.78, 5) is 2.14. The van der Waals surface area contributed by atoms with Crippen molar-refractivity contribution in [2.75, 3.05) is 6.54 Å². The van der Waals surface area contributed by atoms with Crippen molar-refractivity contribution in [1.82, 2.24) is 20.2 Å². The van der Waals surface area contributed by atoms with Crippen LogP contribution in [0.2, 0.25) is 0 Å². The topological polar surface area (TPSA) is 86.9 Å². The Kier molecular flexibility index (Phi) is 5.15. The van der Waals surface area contributed by atoms with E-state index in [4.69, 9.17) is 0 Å². The van der Waals surface area contributed by atoms with Crippen molar-refractivity contribution in [3.05, 3.63) is 33.1 Å². The number of sulfonamides is 1. The minimum atomic E-state index is -3.62. The standard InChI is InChI=1S/C13H20N4O2S2/c1-4-14-8-12-10(3)16-17-13(12)21(18,19)15-7-11-6-5-9(2)20-11/h5-6,14-15H,4,7-8H2,1-3H3,(H,16,17). The van der Waals surface area contributed by atoms with Gasteiger partial charge in [0, 0.05) is 34.1 Å². The molecule has 116 valence electrons. The molecular formula is C13H20N4O2S2. The average Bonchev–Trinajstić information content (AvgIpc) is 3.01. The highest BCUT2D eigenvalue weighted by molar-refractivity contribution is 7.89. The number of rotatable bonds is 7. The zero-order valence-electron chi connectivity index (χ0n) is 12.4. The van der Waals surface area contributed by atoms with Crippen LogP contribution in [0.1, 0.15) is 27.9 Å². The molecule has 0 aliphatic heterocycles. The van der Waals surface area contributed by atoms with Crippen molar-refractivity contribution >= 4 is 21.4 Å². The summed E-state index contributed by atoms with van der Waals surface area (Å²) in [6.45, 7) is 7.32. The van der Waals surface area contributed by atoms with Crippen LogP contribution in [-0.2, 0) is 23.1 Å². The maximum atomic E-state index is 12.4. The molecule has 2 heterocycles. The maximum Gasteiger partial charge on any atom is 0.260 e. The molecule has 0 aliphatic rings. The Morgan fingerprint density at radius 2 is 2.05 bits per heavy atom. The third-order valence-electron chi connectivity index (χ3n) is 3.07. The van der Waals surface area contributed by atoms with Gasteiger partial charge in [-0.25, -0.2) is 13.1 Å². The molecule has 0 aromatic carbocycles. The van der Waals surface area contributed by atoms with Gasteiger partial charge in [0.1, 0.15) is 0 Å². The Bertz CT molecular complexity index is 704. The molecule has 0 unspecified atom stereocenters. The second-order valence-electron chi connectivity index (χ2n) is 4.75. The number of aryl methyl sites for hydroxylation is 2. The summed E-state index contributed by atoms with van der Waals surface area (Å²) >= 11 is 1.58. The number of aromatic amines is 1. The maximum absolute atomic E-state index is 12.4.